The second-order valence-corrected chi connectivity index (χ2v) is 5.11. The lowest BCUT2D eigenvalue weighted by Gasteiger charge is -2.21. The zero-order valence-electron chi connectivity index (χ0n) is 13.1. The molecule has 3 N–H and O–H groups in total. The molecule has 0 heterocycles. The molecule has 0 aromatic heterocycles. The molecule has 0 aliphatic rings. The van der Waals surface area contributed by atoms with Crippen LogP contribution in [0.1, 0.15) is 33.6 Å². The standard InChI is InChI=1S/C16H25N3O2/c1-4-19(5-2)14-9-7-13(8-10-14)18-15(20)11-6-12(3)16(17)21/h7-10,12H,4-6,11H2,1-3H3,(H2,17,21)(H,18,20)/t12-/m0/s1. The first-order valence-corrected chi connectivity index (χ1v) is 7.42. The van der Waals surface area contributed by atoms with Crippen molar-refractivity contribution in [2.24, 2.45) is 11.7 Å². The summed E-state index contributed by atoms with van der Waals surface area (Å²) in [5, 5.41) is 2.83. The Bertz CT molecular complexity index is 467. The fourth-order valence-electron chi connectivity index (χ4n) is 2.06. The lowest BCUT2D eigenvalue weighted by Crippen LogP contribution is -2.22. The van der Waals surface area contributed by atoms with Gasteiger partial charge in [0.2, 0.25) is 11.8 Å². The molecular formula is C16H25N3O2. The Labute approximate surface area is 126 Å². The molecule has 0 unspecified atom stereocenters. The molecule has 0 aliphatic carbocycles. The SMILES string of the molecule is CCN(CC)c1ccc(NC(=O)CC[C@H](C)C(N)=O)cc1. The van der Waals surface area contributed by atoms with Crippen molar-refractivity contribution < 1.29 is 9.59 Å². The zero-order chi connectivity index (χ0) is 15.8. The van der Waals surface area contributed by atoms with Crippen LogP contribution in [0.25, 0.3) is 0 Å². The smallest absolute Gasteiger partial charge is 0.224 e. The number of rotatable bonds is 8. The van der Waals surface area contributed by atoms with Gasteiger partial charge in [-0.3, -0.25) is 9.59 Å². The van der Waals surface area contributed by atoms with Gasteiger partial charge in [-0.25, -0.2) is 0 Å². The molecule has 1 aromatic carbocycles. The first kappa shape index (κ1) is 17.0. The van der Waals surface area contributed by atoms with Crippen molar-refractivity contribution in [2.75, 3.05) is 23.3 Å². The molecule has 21 heavy (non-hydrogen) atoms. The van der Waals surface area contributed by atoms with Gasteiger partial charge in [0.05, 0.1) is 0 Å². The fourth-order valence-corrected chi connectivity index (χ4v) is 2.06. The predicted molar refractivity (Wildman–Crippen MR) is 86.2 cm³/mol. The van der Waals surface area contributed by atoms with Crippen molar-refractivity contribution in [1.29, 1.82) is 0 Å². The van der Waals surface area contributed by atoms with Gasteiger partial charge in [-0.15, -0.1) is 0 Å². The maximum absolute atomic E-state index is 11.8. The fraction of sp³-hybridized carbons (Fsp3) is 0.500. The van der Waals surface area contributed by atoms with E-state index < -0.39 is 0 Å². The van der Waals surface area contributed by atoms with E-state index in [2.05, 4.69) is 24.1 Å². The molecule has 0 spiro atoms. The first-order valence-electron chi connectivity index (χ1n) is 7.42. The van der Waals surface area contributed by atoms with Gasteiger partial charge in [0.25, 0.3) is 0 Å². The second-order valence-electron chi connectivity index (χ2n) is 5.11. The minimum atomic E-state index is -0.369. The number of nitrogens with one attached hydrogen (secondary N) is 1. The molecule has 1 rings (SSSR count). The van der Waals surface area contributed by atoms with Gasteiger partial charge >= 0.3 is 0 Å². The van der Waals surface area contributed by atoms with E-state index in [1.165, 1.54) is 0 Å². The summed E-state index contributed by atoms with van der Waals surface area (Å²) in [4.78, 5) is 24.9. The number of nitrogens with zero attached hydrogens (tertiary/aromatic N) is 1. The number of hydrogen-bond acceptors (Lipinski definition) is 3. The van der Waals surface area contributed by atoms with Gasteiger partial charge in [0.15, 0.2) is 0 Å². The van der Waals surface area contributed by atoms with Crippen LogP contribution in [0.2, 0.25) is 0 Å². The number of carbonyl (C=O) groups excluding carboxylic acids is 2. The monoisotopic (exact) mass is 291 g/mol. The van der Waals surface area contributed by atoms with Crippen molar-refractivity contribution in [3.8, 4) is 0 Å². The molecule has 2 amide bonds. The number of benzene rings is 1. The molecule has 116 valence electrons. The highest BCUT2D eigenvalue weighted by atomic mass is 16.2. The van der Waals surface area contributed by atoms with Gasteiger partial charge in [-0.1, -0.05) is 6.92 Å². The molecule has 1 atom stereocenters. The molecule has 0 fully saturated rings. The highest BCUT2D eigenvalue weighted by Gasteiger charge is 2.11. The topological polar surface area (TPSA) is 75.4 Å². The Morgan fingerprint density at radius 1 is 1.19 bits per heavy atom. The average Bonchev–Trinajstić information content (AvgIpc) is 2.47. The molecule has 0 radical (unpaired) electrons. The molecule has 0 bridgehead atoms. The van der Waals surface area contributed by atoms with Crippen molar-refractivity contribution in [1.82, 2.24) is 0 Å². The third-order valence-corrected chi connectivity index (χ3v) is 3.57. The van der Waals surface area contributed by atoms with E-state index in [1.54, 1.807) is 6.92 Å². The van der Waals surface area contributed by atoms with Gasteiger partial charge in [-0.05, 0) is 44.5 Å². The van der Waals surface area contributed by atoms with E-state index in [0.29, 0.717) is 12.8 Å². The molecule has 1 aromatic rings. The van der Waals surface area contributed by atoms with Gasteiger partial charge in [-0.2, -0.15) is 0 Å². The van der Waals surface area contributed by atoms with Crippen molar-refractivity contribution >= 4 is 23.2 Å². The van der Waals surface area contributed by atoms with Crippen LogP contribution in [0, 0.1) is 5.92 Å². The minimum absolute atomic E-state index is 0.0984. The Kier molecular flexibility index (Phi) is 6.72. The van der Waals surface area contributed by atoms with Gasteiger partial charge < -0.3 is 16.0 Å². The maximum atomic E-state index is 11.8. The number of anilines is 2. The van der Waals surface area contributed by atoms with Crippen LogP contribution >= 0.6 is 0 Å². The Balaban J connectivity index is 2.51. The van der Waals surface area contributed by atoms with Gasteiger partial charge in [0.1, 0.15) is 0 Å². The summed E-state index contributed by atoms with van der Waals surface area (Å²) in [5.41, 5.74) is 7.08. The number of carbonyl (C=O) groups is 2. The van der Waals surface area contributed by atoms with Crippen LogP contribution in [-0.2, 0) is 9.59 Å². The zero-order valence-corrected chi connectivity index (χ0v) is 13.1. The average molecular weight is 291 g/mol. The summed E-state index contributed by atoms with van der Waals surface area (Å²) in [6.45, 7) is 7.85. The van der Waals surface area contributed by atoms with E-state index in [9.17, 15) is 9.59 Å². The van der Waals surface area contributed by atoms with Crippen molar-refractivity contribution in [3.05, 3.63) is 24.3 Å². The van der Waals surface area contributed by atoms with Crippen LogP contribution in [0.5, 0.6) is 0 Å². The van der Waals surface area contributed by atoms with Crippen molar-refractivity contribution in [2.45, 2.75) is 33.6 Å². The largest absolute Gasteiger partial charge is 0.372 e. The number of nitrogens with two attached hydrogens (primary N) is 1. The summed E-state index contributed by atoms with van der Waals surface area (Å²) >= 11 is 0. The highest BCUT2D eigenvalue weighted by molar-refractivity contribution is 5.91. The van der Waals surface area contributed by atoms with Crippen molar-refractivity contribution in [3.63, 3.8) is 0 Å². The minimum Gasteiger partial charge on any atom is -0.372 e. The highest BCUT2D eigenvalue weighted by Crippen LogP contribution is 2.18. The molecule has 5 heteroatoms. The summed E-state index contributed by atoms with van der Waals surface area (Å²) in [6, 6.07) is 7.77. The Morgan fingerprint density at radius 3 is 2.24 bits per heavy atom. The van der Waals surface area contributed by atoms with Crippen LogP contribution in [0.3, 0.4) is 0 Å². The quantitative estimate of drug-likeness (QED) is 0.772. The van der Waals surface area contributed by atoms with E-state index >= 15 is 0 Å². The molecule has 0 saturated carbocycles. The molecule has 0 aliphatic heterocycles. The van der Waals surface area contributed by atoms with E-state index in [1.807, 2.05) is 24.3 Å². The predicted octanol–water partition coefficient (Wildman–Crippen LogP) is 2.37. The van der Waals surface area contributed by atoms with E-state index in [-0.39, 0.29) is 17.7 Å². The van der Waals surface area contributed by atoms with Crippen LogP contribution in [0.15, 0.2) is 24.3 Å². The summed E-state index contributed by atoms with van der Waals surface area (Å²) in [7, 11) is 0. The van der Waals surface area contributed by atoms with Crippen LogP contribution < -0.4 is 16.0 Å². The molecule has 0 saturated heterocycles. The van der Waals surface area contributed by atoms with Crippen LogP contribution in [0.4, 0.5) is 11.4 Å². The lowest BCUT2D eigenvalue weighted by atomic mass is 10.1. The van der Waals surface area contributed by atoms with E-state index in [4.69, 9.17) is 5.73 Å². The van der Waals surface area contributed by atoms with Gasteiger partial charge in [0, 0.05) is 36.8 Å². The Morgan fingerprint density at radius 2 is 1.76 bits per heavy atom. The molecule has 5 nitrogen and oxygen atoms in total. The normalized spacial score (nSPS) is 11.8. The number of hydrogen-bond donors (Lipinski definition) is 2. The maximum Gasteiger partial charge on any atom is 0.224 e. The third-order valence-electron chi connectivity index (χ3n) is 3.57. The Hall–Kier alpha value is -2.04. The number of primary amides is 1. The summed E-state index contributed by atoms with van der Waals surface area (Å²) < 4.78 is 0. The third kappa shape index (κ3) is 5.45. The summed E-state index contributed by atoms with van der Waals surface area (Å²) in [6.07, 6.45) is 0.764. The van der Waals surface area contributed by atoms with E-state index in [0.717, 1.165) is 24.5 Å². The lowest BCUT2D eigenvalue weighted by molar-refractivity contribution is -0.121. The number of amides is 2. The summed E-state index contributed by atoms with van der Waals surface area (Å²) in [5.74, 6) is -0.745. The second kappa shape index (κ2) is 8.29. The van der Waals surface area contributed by atoms with Crippen LogP contribution in [-0.4, -0.2) is 24.9 Å². The molecular weight excluding hydrogens is 266 g/mol. The first-order chi connectivity index (χ1) is 9.97.